The molecule has 0 amide bonds. The van der Waals surface area contributed by atoms with Gasteiger partial charge in [0.05, 0.1) is 26.4 Å². The molecule has 68 heavy (non-hydrogen) atoms. The summed E-state index contributed by atoms with van der Waals surface area (Å²) in [6.07, 6.45) is 47.5. The SMILES string of the molecule is CC/C=C\C/C=C\C/C=C\C/C=C\C/C=C\CCCC(=O)OCC(O)COP(=O)(O)OCC(O)COP(=O)(O)OCC(O)COC(=O)CCCCCCCCCCC/C=C/CCCCCCCC. The molecule has 0 rings (SSSR count). The summed E-state index contributed by atoms with van der Waals surface area (Å²) in [4.78, 5) is 43.8. The van der Waals surface area contributed by atoms with Crippen molar-refractivity contribution in [1.29, 1.82) is 0 Å². The molecule has 5 N–H and O–H groups in total. The second-order valence-electron chi connectivity index (χ2n) is 16.8. The first-order valence-corrected chi connectivity index (χ1v) is 28.3. The van der Waals surface area contributed by atoms with Crippen molar-refractivity contribution in [2.24, 2.45) is 0 Å². The van der Waals surface area contributed by atoms with Crippen LogP contribution < -0.4 is 0 Å². The minimum atomic E-state index is -4.80. The van der Waals surface area contributed by atoms with Crippen LogP contribution in [0.5, 0.6) is 0 Å². The fourth-order valence-electron chi connectivity index (χ4n) is 6.24. The Morgan fingerprint density at radius 3 is 1.09 bits per heavy atom. The van der Waals surface area contributed by atoms with Crippen molar-refractivity contribution in [1.82, 2.24) is 0 Å². The largest absolute Gasteiger partial charge is 0.472 e. The van der Waals surface area contributed by atoms with E-state index in [-0.39, 0.29) is 12.8 Å². The van der Waals surface area contributed by atoms with E-state index in [1.54, 1.807) is 0 Å². The molecule has 0 aromatic heterocycles. The number of rotatable bonds is 48. The fraction of sp³-hybridized carbons (Fsp3) is 0.725. The van der Waals surface area contributed by atoms with Crippen molar-refractivity contribution in [3.8, 4) is 0 Å². The molecular formula is C51H90O15P2. The third-order valence-corrected chi connectivity index (χ3v) is 12.0. The van der Waals surface area contributed by atoms with Gasteiger partial charge in [0.25, 0.3) is 0 Å². The first-order valence-electron chi connectivity index (χ1n) is 25.3. The number of hydrogen-bond acceptors (Lipinski definition) is 13. The molecule has 5 unspecified atom stereocenters. The Hall–Kier alpha value is -2.52. The molecule has 0 fully saturated rings. The predicted molar refractivity (Wildman–Crippen MR) is 270 cm³/mol. The lowest BCUT2D eigenvalue weighted by Gasteiger charge is -2.19. The Morgan fingerprint density at radius 2 is 0.691 bits per heavy atom. The van der Waals surface area contributed by atoms with Gasteiger partial charge in [0.15, 0.2) is 0 Å². The van der Waals surface area contributed by atoms with E-state index in [0.717, 1.165) is 51.4 Å². The standard InChI is InChI=1S/C51H90O15P2/c1-3-5-7-9-11-13-15-17-19-21-22-24-26-28-30-32-34-36-38-40-51(56)62-42-48(53)44-64-68(59,60)66-46-49(54)45-65-67(57,58)63-43-47(52)41-61-50(55)39-37-35-33-31-29-27-25-23-20-18-16-14-12-10-8-6-4-2/h6,8,12,14,17-20,25,27,31,33,47-49,52-54H,3-5,7,9-11,13,15-16,21-24,26,28-30,32,34-46H2,1-2H3,(H,57,58)(H,59,60)/b8-6-,14-12-,19-17+,20-18-,27-25-,33-31-. The predicted octanol–water partition coefficient (Wildman–Crippen LogP) is 11.9. The highest BCUT2D eigenvalue weighted by Gasteiger charge is 2.28. The normalized spacial score (nSPS) is 15.6. The van der Waals surface area contributed by atoms with E-state index in [1.165, 1.54) is 83.5 Å². The Labute approximate surface area is 409 Å². The Balaban J connectivity index is 3.92. The zero-order valence-electron chi connectivity index (χ0n) is 41.5. The number of phosphoric acid groups is 2. The van der Waals surface area contributed by atoms with Crippen molar-refractivity contribution in [3.05, 3.63) is 72.9 Å². The molecule has 0 spiro atoms. The zero-order chi connectivity index (χ0) is 50.2. The molecule has 0 bridgehead atoms. The second kappa shape index (κ2) is 46.8. The van der Waals surface area contributed by atoms with E-state index in [2.05, 4.69) is 92.7 Å². The van der Waals surface area contributed by atoms with Crippen LogP contribution in [0.15, 0.2) is 72.9 Å². The molecule has 0 saturated heterocycles. The van der Waals surface area contributed by atoms with Crippen molar-refractivity contribution in [2.45, 2.75) is 199 Å². The number of carbonyl (C=O) groups is 2. The molecule has 0 radical (unpaired) electrons. The summed E-state index contributed by atoms with van der Waals surface area (Å²) in [6.45, 7) is 0.234. The summed E-state index contributed by atoms with van der Waals surface area (Å²) >= 11 is 0. The molecule has 0 aliphatic rings. The van der Waals surface area contributed by atoms with Gasteiger partial charge in [-0.2, -0.15) is 0 Å². The number of carbonyl (C=O) groups excluding carboxylic acids is 2. The van der Waals surface area contributed by atoms with Crippen LogP contribution in [0.2, 0.25) is 0 Å². The lowest BCUT2D eigenvalue weighted by molar-refractivity contribution is -0.148. The van der Waals surface area contributed by atoms with Gasteiger partial charge >= 0.3 is 27.6 Å². The van der Waals surface area contributed by atoms with Gasteiger partial charge < -0.3 is 34.6 Å². The molecule has 0 saturated carbocycles. The van der Waals surface area contributed by atoms with Gasteiger partial charge in [0, 0.05) is 12.8 Å². The smallest absolute Gasteiger partial charge is 0.463 e. The summed E-state index contributed by atoms with van der Waals surface area (Å²) in [5, 5.41) is 30.0. The van der Waals surface area contributed by atoms with Gasteiger partial charge in [-0.15, -0.1) is 0 Å². The highest BCUT2D eigenvalue weighted by molar-refractivity contribution is 7.47. The van der Waals surface area contributed by atoms with Gasteiger partial charge in [-0.25, -0.2) is 9.13 Å². The van der Waals surface area contributed by atoms with Crippen molar-refractivity contribution in [2.75, 3.05) is 39.6 Å². The third kappa shape index (κ3) is 48.5. The Kier molecular flexibility index (Phi) is 45.1. The molecule has 394 valence electrons. The van der Waals surface area contributed by atoms with Crippen molar-refractivity contribution in [3.63, 3.8) is 0 Å². The summed E-state index contributed by atoms with van der Waals surface area (Å²) < 4.78 is 53.0. The number of phosphoric ester groups is 2. The zero-order valence-corrected chi connectivity index (χ0v) is 43.3. The van der Waals surface area contributed by atoms with Gasteiger partial charge in [-0.05, 0) is 77.0 Å². The minimum Gasteiger partial charge on any atom is -0.463 e. The van der Waals surface area contributed by atoms with Gasteiger partial charge in [-0.1, -0.05) is 164 Å². The number of hydrogen-bond donors (Lipinski definition) is 5. The van der Waals surface area contributed by atoms with E-state index >= 15 is 0 Å². The number of ether oxygens (including phenoxy) is 2. The summed E-state index contributed by atoms with van der Waals surface area (Å²) in [7, 11) is -9.60. The first-order chi connectivity index (χ1) is 32.8. The van der Waals surface area contributed by atoms with Crippen LogP contribution in [0.4, 0.5) is 0 Å². The Bertz CT molecular complexity index is 1500. The van der Waals surface area contributed by atoms with Crippen LogP contribution in [0.25, 0.3) is 0 Å². The summed E-state index contributed by atoms with van der Waals surface area (Å²) in [5.41, 5.74) is 0. The highest BCUT2D eigenvalue weighted by atomic mass is 31.2. The van der Waals surface area contributed by atoms with E-state index in [4.69, 9.17) is 9.47 Å². The quantitative estimate of drug-likeness (QED) is 0.0165. The number of esters is 2. The lowest BCUT2D eigenvalue weighted by atomic mass is 10.1. The average molecular weight is 1010 g/mol. The lowest BCUT2D eigenvalue weighted by Crippen LogP contribution is -2.25. The van der Waals surface area contributed by atoms with Crippen molar-refractivity contribution >= 4 is 27.6 Å². The molecule has 0 aromatic carbocycles. The van der Waals surface area contributed by atoms with Gasteiger partial charge in [-0.3, -0.25) is 27.7 Å². The molecule has 0 heterocycles. The maximum absolute atomic E-state index is 12.2. The molecule has 17 heteroatoms. The van der Waals surface area contributed by atoms with Crippen LogP contribution in [0.3, 0.4) is 0 Å². The van der Waals surface area contributed by atoms with Crippen LogP contribution in [0, 0.1) is 0 Å². The maximum atomic E-state index is 12.2. The monoisotopic (exact) mass is 1000 g/mol. The van der Waals surface area contributed by atoms with E-state index in [1.807, 2.05) is 12.2 Å². The Morgan fingerprint density at radius 1 is 0.397 bits per heavy atom. The molecule has 15 nitrogen and oxygen atoms in total. The molecular weight excluding hydrogens is 914 g/mol. The van der Waals surface area contributed by atoms with Crippen LogP contribution in [-0.2, 0) is 46.3 Å². The van der Waals surface area contributed by atoms with E-state index in [9.17, 15) is 43.8 Å². The van der Waals surface area contributed by atoms with Crippen LogP contribution in [0.1, 0.15) is 181 Å². The first kappa shape index (κ1) is 65.5. The molecule has 0 aliphatic carbocycles. The van der Waals surface area contributed by atoms with Crippen molar-refractivity contribution < 1.29 is 71.4 Å². The van der Waals surface area contributed by atoms with Gasteiger partial charge in [0.1, 0.15) is 31.5 Å². The average Bonchev–Trinajstić information content (AvgIpc) is 3.31. The van der Waals surface area contributed by atoms with Crippen LogP contribution >= 0.6 is 15.6 Å². The topological polar surface area (TPSA) is 225 Å². The highest BCUT2D eigenvalue weighted by Crippen LogP contribution is 2.45. The van der Waals surface area contributed by atoms with Gasteiger partial charge in [0.2, 0.25) is 0 Å². The third-order valence-electron chi connectivity index (χ3n) is 10.1. The minimum absolute atomic E-state index is 0.115. The summed E-state index contributed by atoms with van der Waals surface area (Å²) in [6, 6.07) is 0. The number of aliphatic hydroxyl groups excluding tert-OH is 3. The maximum Gasteiger partial charge on any atom is 0.472 e. The fourth-order valence-corrected chi connectivity index (χ4v) is 7.83. The number of allylic oxidation sites excluding steroid dienone is 12. The molecule has 0 aliphatic heterocycles. The summed E-state index contributed by atoms with van der Waals surface area (Å²) in [5.74, 6) is -1.06. The number of unbranched alkanes of at least 4 members (excludes halogenated alkanes) is 16. The molecule has 0 aromatic rings. The van der Waals surface area contributed by atoms with E-state index in [0.29, 0.717) is 19.3 Å². The second-order valence-corrected chi connectivity index (χ2v) is 19.7. The van der Waals surface area contributed by atoms with Crippen LogP contribution in [-0.4, -0.2) is 95.0 Å². The van der Waals surface area contributed by atoms with E-state index < -0.39 is 85.5 Å². The molecule has 5 atom stereocenters. The number of aliphatic hydroxyl groups is 3.